The lowest BCUT2D eigenvalue weighted by molar-refractivity contribution is -0.384. The average Bonchev–Trinajstić information content (AvgIpc) is 2.76. The number of hydrogen-bond donors (Lipinski definition) is 0. The molecule has 0 saturated carbocycles. The molecule has 0 bridgehead atoms. The Kier molecular flexibility index (Phi) is 4.50. The van der Waals surface area contributed by atoms with Crippen molar-refractivity contribution in [3.05, 3.63) is 33.1 Å². The first-order chi connectivity index (χ1) is 10.1. The van der Waals surface area contributed by atoms with Crippen LogP contribution in [0.25, 0.3) is 10.2 Å². The smallest absolute Gasteiger partial charge is 0.270 e. The Labute approximate surface area is 124 Å². The topological polar surface area (TPSA) is 77.5 Å². The lowest BCUT2D eigenvalue weighted by Gasteiger charge is -1.99. The monoisotopic (exact) mass is 303 g/mol. The number of terminal acetylenes is 1. The molecule has 1 amide bonds. The molecule has 0 aliphatic carbocycles. The third kappa shape index (κ3) is 3.17. The van der Waals surface area contributed by atoms with Crippen LogP contribution in [0, 0.1) is 22.5 Å². The summed E-state index contributed by atoms with van der Waals surface area (Å²) >= 11 is 1.23. The normalized spacial score (nSPS) is 11.5. The quantitative estimate of drug-likeness (QED) is 0.494. The third-order valence-electron chi connectivity index (χ3n) is 2.81. The van der Waals surface area contributed by atoms with Gasteiger partial charge >= 0.3 is 0 Å². The van der Waals surface area contributed by atoms with Gasteiger partial charge in [0.1, 0.15) is 0 Å². The van der Waals surface area contributed by atoms with Crippen LogP contribution < -0.4 is 4.80 Å². The van der Waals surface area contributed by atoms with E-state index in [1.54, 1.807) is 10.6 Å². The molecule has 21 heavy (non-hydrogen) atoms. The van der Waals surface area contributed by atoms with Gasteiger partial charge in [-0.3, -0.25) is 14.9 Å². The van der Waals surface area contributed by atoms with E-state index >= 15 is 0 Å². The highest BCUT2D eigenvalue weighted by Crippen LogP contribution is 2.23. The van der Waals surface area contributed by atoms with Gasteiger partial charge in [0.25, 0.3) is 5.69 Å². The minimum absolute atomic E-state index is 0.00282. The maximum Gasteiger partial charge on any atom is 0.270 e. The Morgan fingerprint density at radius 2 is 2.33 bits per heavy atom. The number of carbonyl (C=O) groups excluding carboxylic acids is 1. The number of nitro benzene ring substituents is 1. The van der Waals surface area contributed by atoms with Crippen LogP contribution in [-0.4, -0.2) is 15.4 Å². The Hall–Kier alpha value is -2.46. The fraction of sp³-hybridized carbons (Fsp3) is 0.286. The van der Waals surface area contributed by atoms with E-state index in [0.29, 0.717) is 22.3 Å². The Bertz CT molecular complexity index is 811. The molecule has 2 aromatic rings. The molecular weight excluding hydrogens is 290 g/mol. The molecule has 1 heterocycles. The summed E-state index contributed by atoms with van der Waals surface area (Å²) in [6.45, 7) is 2.16. The molecule has 0 unspecified atom stereocenters. The number of aromatic nitrogens is 1. The Morgan fingerprint density at radius 3 is 2.95 bits per heavy atom. The summed E-state index contributed by atoms with van der Waals surface area (Å²) in [4.78, 5) is 26.6. The number of non-ortho nitro benzene ring substituents is 1. The molecule has 0 spiro atoms. The first-order valence-corrected chi connectivity index (χ1v) is 7.17. The van der Waals surface area contributed by atoms with Crippen molar-refractivity contribution in [3.63, 3.8) is 0 Å². The predicted molar refractivity (Wildman–Crippen MR) is 80.8 cm³/mol. The molecule has 0 aliphatic heterocycles. The predicted octanol–water partition coefficient (Wildman–Crippen LogP) is 2.47. The number of nitro groups is 1. The van der Waals surface area contributed by atoms with Crippen molar-refractivity contribution in [1.82, 2.24) is 4.57 Å². The van der Waals surface area contributed by atoms with Gasteiger partial charge in [0.2, 0.25) is 5.91 Å². The molecule has 7 heteroatoms. The second-order valence-electron chi connectivity index (χ2n) is 4.34. The van der Waals surface area contributed by atoms with Crippen LogP contribution in [0.5, 0.6) is 0 Å². The van der Waals surface area contributed by atoms with Crippen molar-refractivity contribution >= 4 is 33.1 Å². The van der Waals surface area contributed by atoms with Crippen LogP contribution in [0.2, 0.25) is 0 Å². The van der Waals surface area contributed by atoms with Crippen LogP contribution in [0.4, 0.5) is 5.69 Å². The zero-order chi connectivity index (χ0) is 15.4. The van der Waals surface area contributed by atoms with E-state index in [4.69, 9.17) is 6.42 Å². The summed E-state index contributed by atoms with van der Waals surface area (Å²) in [6, 6.07) is 4.51. The summed E-state index contributed by atoms with van der Waals surface area (Å²) in [5, 5.41) is 10.8. The SMILES string of the molecule is C#CCn1c(=NC(=O)CCC)sc2cc([N+](=O)[O-])ccc21. The zero-order valence-corrected chi connectivity index (χ0v) is 12.2. The van der Waals surface area contributed by atoms with Gasteiger partial charge in [-0.15, -0.1) is 6.42 Å². The van der Waals surface area contributed by atoms with Crippen molar-refractivity contribution < 1.29 is 9.72 Å². The van der Waals surface area contributed by atoms with Crippen molar-refractivity contribution in [1.29, 1.82) is 0 Å². The van der Waals surface area contributed by atoms with Gasteiger partial charge in [0, 0.05) is 18.6 Å². The number of fused-ring (bicyclic) bond motifs is 1. The summed E-state index contributed by atoms with van der Waals surface area (Å²) in [7, 11) is 0. The minimum Gasteiger partial charge on any atom is -0.305 e. The van der Waals surface area contributed by atoms with Gasteiger partial charge in [0.05, 0.1) is 21.7 Å². The van der Waals surface area contributed by atoms with Crippen molar-refractivity contribution in [2.75, 3.05) is 0 Å². The Balaban J connectivity index is 2.64. The van der Waals surface area contributed by atoms with E-state index in [-0.39, 0.29) is 18.1 Å². The van der Waals surface area contributed by atoms with Gasteiger partial charge in [-0.1, -0.05) is 24.2 Å². The average molecular weight is 303 g/mol. The van der Waals surface area contributed by atoms with Crippen LogP contribution in [0.15, 0.2) is 23.2 Å². The number of carbonyl (C=O) groups is 1. The standard InChI is InChI=1S/C14H13N3O3S/c1-3-5-13(18)15-14-16(8-4-2)11-7-6-10(17(19)20)9-12(11)21-14/h2,6-7,9H,3,5,8H2,1H3. The van der Waals surface area contributed by atoms with Gasteiger partial charge in [0.15, 0.2) is 4.80 Å². The van der Waals surface area contributed by atoms with E-state index in [1.807, 2.05) is 6.92 Å². The van der Waals surface area contributed by atoms with Gasteiger partial charge < -0.3 is 4.57 Å². The molecule has 2 rings (SSSR count). The van der Waals surface area contributed by atoms with E-state index in [9.17, 15) is 14.9 Å². The molecule has 0 N–H and O–H groups in total. The summed E-state index contributed by atoms with van der Waals surface area (Å²) in [5.41, 5.74) is 0.745. The van der Waals surface area contributed by atoms with Gasteiger partial charge in [-0.05, 0) is 12.5 Å². The molecule has 1 aromatic carbocycles. The molecule has 0 radical (unpaired) electrons. The van der Waals surface area contributed by atoms with E-state index < -0.39 is 4.92 Å². The molecular formula is C14H13N3O3S. The van der Waals surface area contributed by atoms with Crippen LogP contribution >= 0.6 is 11.3 Å². The second kappa shape index (κ2) is 6.33. The summed E-state index contributed by atoms with van der Waals surface area (Å²) in [6.07, 6.45) is 6.43. The van der Waals surface area contributed by atoms with Crippen LogP contribution in [0.1, 0.15) is 19.8 Å². The number of rotatable bonds is 4. The van der Waals surface area contributed by atoms with Crippen LogP contribution in [-0.2, 0) is 11.3 Å². The maximum atomic E-state index is 11.7. The Morgan fingerprint density at radius 1 is 1.57 bits per heavy atom. The molecule has 0 fully saturated rings. The molecule has 1 aromatic heterocycles. The molecule has 6 nitrogen and oxygen atoms in total. The fourth-order valence-electron chi connectivity index (χ4n) is 1.88. The van der Waals surface area contributed by atoms with Crippen LogP contribution in [0.3, 0.4) is 0 Å². The first-order valence-electron chi connectivity index (χ1n) is 6.35. The lowest BCUT2D eigenvalue weighted by atomic mass is 10.3. The first kappa shape index (κ1) is 14.9. The number of hydrogen-bond acceptors (Lipinski definition) is 4. The van der Waals surface area contributed by atoms with Crippen molar-refractivity contribution in [3.8, 4) is 12.3 Å². The molecule has 0 atom stereocenters. The van der Waals surface area contributed by atoms with E-state index in [2.05, 4.69) is 10.9 Å². The number of thiazole rings is 1. The lowest BCUT2D eigenvalue weighted by Crippen LogP contribution is -2.16. The largest absolute Gasteiger partial charge is 0.305 e. The zero-order valence-electron chi connectivity index (χ0n) is 11.4. The molecule has 108 valence electrons. The van der Waals surface area contributed by atoms with Gasteiger partial charge in [-0.25, -0.2) is 0 Å². The van der Waals surface area contributed by atoms with E-state index in [1.165, 1.54) is 23.5 Å². The molecule has 0 aliphatic rings. The highest BCUT2D eigenvalue weighted by atomic mass is 32.1. The fourth-order valence-corrected chi connectivity index (χ4v) is 2.96. The van der Waals surface area contributed by atoms with E-state index in [0.717, 1.165) is 5.52 Å². The minimum atomic E-state index is -0.455. The van der Waals surface area contributed by atoms with Gasteiger partial charge in [-0.2, -0.15) is 4.99 Å². The number of benzene rings is 1. The second-order valence-corrected chi connectivity index (χ2v) is 5.35. The molecule has 0 saturated heterocycles. The maximum absolute atomic E-state index is 11.7. The van der Waals surface area contributed by atoms with Crippen molar-refractivity contribution in [2.24, 2.45) is 4.99 Å². The highest BCUT2D eigenvalue weighted by molar-refractivity contribution is 7.16. The summed E-state index contributed by atoms with van der Waals surface area (Å²) in [5.74, 6) is 2.29. The summed E-state index contributed by atoms with van der Waals surface area (Å²) < 4.78 is 2.40. The third-order valence-corrected chi connectivity index (χ3v) is 3.85. The van der Waals surface area contributed by atoms with Crippen molar-refractivity contribution in [2.45, 2.75) is 26.3 Å². The highest BCUT2D eigenvalue weighted by Gasteiger charge is 2.12. The number of amides is 1. The number of nitrogens with zero attached hydrogens (tertiary/aromatic N) is 3.